The predicted octanol–water partition coefficient (Wildman–Crippen LogP) is 1.15. The lowest BCUT2D eigenvalue weighted by atomic mass is 10.1. The number of amides is 1. The van der Waals surface area contributed by atoms with Gasteiger partial charge in [-0.1, -0.05) is 11.8 Å². The maximum atomic E-state index is 12.3. The zero-order chi connectivity index (χ0) is 18.2. The minimum Gasteiger partial charge on any atom is -0.493 e. The molecule has 1 aromatic carbocycles. The van der Waals surface area contributed by atoms with E-state index in [0.29, 0.717) is 29.4 Å². The molecule has 10 heteroatoms. The highest BCUT2D eigenvalue weighted by Gasteiger charge is 2.16. The summed E-state index contributed by atoms with van der Waals surface area (Å²) in [5, 5.41) is 14.8. The predicted molar refractivity (Wildman–Crippen MR) is 92.6 cm³/mol. The number of nitrogens with zero attached hydrogens (tertiary/aromatic N) is 4. The molecule has 0 unspecified atom stereocenters. The molecule has 2 aromatic rings. The molecule has 25 heavy (non-hydrogen) atoms. The number of hydrogen-bond donors (Lipinski definition) is 1. The Morgan fingerprint density at radius 2 is 1.88 bits per heavy atom. The van der Waals surface area contributed by atoms with Crippen molar-refractivity contribution in [2.75, 3.05) is 33.6 Å². The Morgan fingerprint density at radius 3 is 2.40 bits per heavy atom. The Morgan fingerprint density at radius 1 is 1.20 bits per heavy atom. The van der Waals surface area contributed by atoms with Crippen molar-refractivity contribution >= 4 is 17.7 Å². The van der Waals surface area contributed by atoms with Gasteiger partial charge in [0.2, 0.25) is 10.9 Å². The van der Waals surface area contributed by atoms with Crippen LogP contribution in [0.4, 0.5) is 0 Å². The Labute approximate surface area is 150 Å². The maximum absolute atomic E-state index is 12.3. The molecule has 1 heterocycles. The molecular weight excluding hydrogens is 346 g/mol. The molecule has 0 bridgehead atoms. The topological polar surface area (TPSA) is 100 Å². The van der Waals surface area contributed by atoms with Gasteiger partial charge in [-0.3, -0.25) is 4.79 Å². The summed E-state index contributed by atoms with van der Waals surface area (Å²) < 4.78 is 17.4. The molecule has 0 atom stereocenters. The van der Waals surface area contributed by atoms with E-state index in [1.54, 1.807) is 23.9 Å². The molecule has 0 spiro atoms. The number of tetrazole rings is 1. The van der Waals surface area contributed by atoms with Crippen molar-refractivity contribution in [1.82, 2.24) is 25.5 Å². The molecule has 0 radical (unpaired) electrons. The Bertz CT molecular complexity index is 697. The smallest absolute Gasteiger partial charge is 0.251 e. The lowest BCUT2D eigenvalue weighted by Crippen LogP contribution is -2.25. The zero-order valence-electron chi connectivity index (χ0n) is 14.6. The van der Waals surface area contributed by atoms with E-state index in [4.69, 9.17) is 14.2 Å². The fraction of sp³-hybridized carbons (Fsp3) is 0.467. The van der Waals surface area contributed by atoms with Crippen LogP contribution in [0.5, 0.6) is 17.2 Å². The third-order valence-corrected chi connectivity index (χ3v) is 4.44. The van der Waals surface area contributed by atoms with Gasteiger partial charge in [-0.05, 0) is 29.0 Å². The van der Waals surface area contributed by atoms with Gasteiger partial charge in [-0.2, -0.15) is 0 Å². The molecule has 1 N–H and O–H groups in total. The second kappa shape index (κ2) is 9.11. The van der Waals surface area contributed by atoms with Gasteiger partial charge in [0.15, 0.2) is 11.5 Å². The van der Waals surface area contributed by atoms with E-state index in [1.165, 1.54) is 33.1 Å². The van der Waals surface area contributed by atoms with Crippen LogP contribution < -0.4 is 19.5 Å². The van der Waals surface area contributed by atoms with Gasteiger partial charge in [0.1, 0.15) is 0 Å². The summed E-state index contributed by atoms with van der Waals surface area (Å²) in [7, 11) is 6.33. The summed E-state index contributed by atoms with van der Waals surface area (Å²) in [4.78, 5) is 12.3. The number of aryl methyl sites for hydroxylation is 1. The summed E-state index contributed by atoms with van der Waals surface area (Å²) in [6.07, 6.45) is 0.785. The van der Waals surface area contributed by atoms with E-state index in [1.807, 2.05) is 0 Å². The molecule has 2 rings (SSSR count). The molecule has 1 aromatic heterocycles. The maximum Gasteiger partial charge on any atom is 0.251 e. The molecule has 0 saturated carbocycles. The Balaban J connectivity index is 1.89. The summed E-state index contributed by atoms with van der Waals surface area (Å²) in [5.74, 6) is 1.93. The molecule has 9 nitrogen and oxygen atoms in total. The third-order valence-electron chi connectivity index (χ3n) is 3.35. The molecule has 0 saturated heterocycles. The van der Waals surface area contributed by atoms with Gasteiger partial charge in [0.05, 0.1) is 21.3 Å². The van der Waals surface area contributed by atoms with Crippen molar-refractivity contribution in [1.29, 1.82) is 0 Å². The normalized spacial score (nSPS) is 10.4. The number of benzene rings is 1. The molecule has 0 fully saturated rings. The van der Waals surface area contributed by atoms with Crippen LogP contribution in [-0.4, -0.2) is 59.7 Å². The average Bonchev–Trinajstić information content (AvgIpc) is 3.04. The van der Waals surface area contributed by atoms with Gasteiger partial charge >= 0.3 is 0 Å². The van der Waals surface area contributed by atoms with Gasteiger partial charge in [0, 0.05) is 24.9 Å². The van der Waals surface area contributed by atoms with Gasteiger partial charge in [0.25, 0.3) is 5.91 Å². The summed E-state index contributed by atoms with van der Waals surface area (Å²) in [6.45, 7) is 0.535. The SMILES string of the molecule is COc1cc(C(=O)NCCCSc2nnnn2C)cc(OC)c1OC. The summed E-state index contributed by atoms with van der Waals surface area (Å²) >= 11 is 1.54. The van der Waals surface area contributed by atoms with E-state index in [2.05, 4.69) is 20.8 Å². The molecule has 0 aliphatic heterocycles. The van der Waals surface area contributed by atoms with E-state index >= 15 is 0 Å². The van der Waals surface area contributed by atoms with E-state index in [-0.39, 0.29) is 5.91 Å². The number of carbonyl (C=O) groups excluding carboxylic acids is 1. The number of carbonyl (C=O) groups is 1. The van der Waals surface area contributed by atoms with Crippen LogP contribution in [0.3, 0.4) is 0 Å². The minimum absolute atomic E-state index is 0.204. The third kappa shape index (κ3) is 4.75. The standard InChI is InChI=1S/C15H21N5O4S/c1-20-15(17-18-19-20)25-7-5-6-16-14(21)10-8-11(22-2)13(24-4)12(9-10)23-3/h8-9H,5-7H2,1-4H3,(H,16,21). The first-order valence-corrected chi connectivity index (χ1v) is 8.52. The van der Waals surface area contributed by atoms with Gasteiger partial charge < -0.3 is 19.5 Å². The molecule has 1 amide bonds. The second-order valence-electron chi connectivity index (χ2n) is 4.96. The number of rotatable bonds is 9. The lowest BCUT2D eigenvalue weighted by molar-refractivity contribution is 0.0953. The highest BCUT2D eigenvalue weighted by molar-refractivity contribution is 7.99. The molecule has 136 valence electrons. The molecular formula is C15H21N5O4S. The van der Waals surface area contributed by atoms with Crippen molar-refractivity contribution < 1.29 is 19.0 Å². The number of hydrogen-bond acceptors (Lipinski definition) is 8. The first-order chi connectivity index (χ1) is 12.1. The number of nitrogens with one attached hydrogen (secondary N) is 1. The van der Waals surface area contributed by atoms with Crippen molar-refractivity contribution in [3.63, 3.8) is 0 Å². The number of methoxy groups -OCH3 is 3. The Hall–Kier alpha value is -2.49. The Kier molecular flexibility index (Phi) is 6.87. The number of ether oxygens (including phenoxy) is 3. The van der Waals surface area contributed by atoms with Crippen LogP contribution >= 0.6 is 11.8 Å². The van der Waals surface area contributed by atoms with Crippen LogP contribution in [0.15, 0.2) is 17.3 Å². The van der Waals surface area contributed by atoms with Crippen LogP contribution in [0.2, 0.25) is 0 Å². The average molecular weight is 367 g/mol. The number of aromatic nitrogens is 4. The fourth-order valence-corrected chi connectivity index (χ4v) is 2.88. The first-order valence-electron chi connectivity index (χ1n) is 7.54. The van der Waals surface area contributed by atoms with E-state index in [9.17, 15) is 4.79 Å². The highest BCUT2D eigenvalue weighted by atomic mass is 32.2. The van der Waals surface area contributed by atoms with Crippen LogP contribution in [0, 0.1) is 0 Å². The largest absolute Gasteiger partial charge is 0.493 e. The molecule has 0 aliphatic rings. The van der Waals surface area contributed by atoms with Crippen molar-refractivity contribution in [2.24, 2.45) is 7.05 Å². The number of thioether (sulfide) groups is 1. The quantitative estimate of drug-likeness (QED) is 0.520. The van der Waals surface area contributed by atoms with E-state index in [0.717, 1.165) is 17.3 Å². The van der Waals surface area contributed by atoms with Crippen LogP contribution in [0.1, 0.15) is 16.8 Å². The first kappa shape index (κ1) is 18.8. The monoisotopic (exact) mass is 367 g/mol. The summed E-state index contributed by atoms with van der Waals surface area (Å²) in [5.41, 5.74) is 0.444. The lowest BCUT2D eigenvalue weighted by Gasteiger charge is -2.14. The van der Waals surface area contributed by atoms with Crippen LogP contribution in [-0.2, 0) is 7.05 Å². The van der Waals surface area contributed by atoms with E-state index < -0.39 is 0 Å². The van der Waals surface area contributed by atoms with Crippen molar-refractivity contribution in [3.8, 4) is 17.2 Å². The van der Waals surface area contributed by atoms with Crippen molar-refractivity contribution in [3.05, 3.63) is 17.7 Å². The fourth-order valence-electron chi connectivity index (χ4n) is 2.10. The van der Waals surface area contributed by atoms with Crippen molar-refractivity contribution in [2.45, 2.75) is 11.6 Å². The zero-order valence-corrected chi connectivity index (χ0v) is 15.4. The minimum atomic E-state index is -0.204. The molecule has 0 aliphatic carbocycles. The highest BCUT2D eigenvalue weighted by Crippen LogP contribution is 2.38. The van der Waals surface area contributed by atoms with Crippen LogP contribution in [0.25, 0.3) is 0 Å². The van der Waals surface area contributed by atoms with Gasteiger partial charge in [-0.15, -0.1) is 5.10 Å². The summed E-state index contributed by atoms with van der Waals surface area (Å²) in [6, 6.07) is 3.24. The second-order valence-corrected chi connectivity index (χ2v) is 6.02. The van der Waals surface area contributed by atoms with Gasteiger partial charge in [-0.25, -0.2) is 4.68 Å².